The van der Waals surface area contributed by atoms with Gasteiger partial charge in [-0.1, -0.05) is 17.7 Å². The van der Waals surface area contributed by atoms with Gasteiger partial charge in [0.05, 0.1) is 10.7 Å². The molecule has 0 saturated heterocycles. The van der Waals surface area contributed by atoms with E-state index in [2.05, 4.69) is 10.4 Å². The van der Waals surface area contributed by atoms with Crippen molar-refractivity contribution in [3.05, 3.63) is 40.7 Å². The number of anilines is 1. The number of carbonyl (C=O) groups excluding carboxylic acids is 1. The van der Waals surface area contributed by atoms with Crippen LogP contribution in [-0.4, -0.2) is 20.8 Å². The average Bonchev–Trinajstić information content (AvgIpc) is 3.24. The fraction of sp³-hybridized carbons (Fsp3) is 0.333. The molecule has 23 heavy (non-hydrogen) atoms. The van der Waals surface area contributed by atoms with Crippen molar-refractivity contribution in [1.82, 2.24) is 9.78 Å². The van der Waals surface area contributed by atoms with Crippen LogP contribution in [0.5, 0.6) is 5.75 Å². The van der Waals surface area contributed by atoms with E-state index in [1.807, 2.05) is 0 Å². The van der Waals surface area contributed by atoms with E-state index in [9.17, 15) is 18.7 Å². The van der Waals surface area contributed by atoms with Gasteiger partial charge in [-0.2, -0.15) is 5.10 Å². The topological polar surface area (TPSA) is 67.2 Å². The monoisotopic (exact) mass is 341 g/mol. The number of hydrogen-bond acceptors (Lipinski definition) is 3. The van der Waals surface area contributed by atoms with Crippen molar-refractivity contribution in [3.63, 3.8) is 0 Å². The third-order valence-corrected chi connectivity index (χ3v) is 3.94. The molecule has 8 heteroatoms. The summed E-state index contributed by atoms with van der Waals surface area (Å²) >= 11 is 6.00. The first-order valence-corrected chi connectivity index (χ1v) is 7.46. The second-order valence-corrected chi connectivity index (χ2v) is 5.79. The largest absolute Gasteiger partial charge is 0.508 e. The predicted molar refractivity (Wildman–Crippen MR) is 80.9 cm³/mol. The highest BCUT2D eigenvalue weighted by Crippen LogP contribution is 2.45. The number of phenolic OH excluding ortho intramolecular Hbond substituents is 1. The van der Waals surface area contributed by atoms with Crippen LogP contribution >= 0.6 is 11.6 Å². The maximum atomic E-state index is 12.9. The van der Waals surface area contributed by atoms with Gasteiger partial charge < -0.3 is 10.4 Å². The summed E-state index contributed by atoms with van der Waals surface area (Å²) in [5.74, 6) is -0.336. The van der Waals surface area contributed by atoms with Crippen LogP contribution in [0.4, 0.5) is 14.5 Å². The summed E-state index contributed by atoms with van der Waals surface area (Å²) in [5.41, 5.74) is 0.419. The SMILES string of the molecule is O=C(Cn1nc(C(F)F)c(Cl)c1C1CC1)Nc1cccc(O)c1. The molecule has 0 aliphatic heterocycles. The molecule has 0 bridgehead atoms. The Morgan fingerprint density at radius 3 is 2.83 bits per heavy atom. The molecular formula is C15H14ClF2N3O2. The van der Waals surface area contributed by atoms with E-state index in [4.69, 9.17) is 11.6 Å². The third-order valence-electron chi connectivity index (χ3n) is 3.55. The molecule has 1 amide bonds. The smallest absolute Gasteiger partial charge is 0.283 e. The normalized spacial score (nSPS) is 14.3. The minimum absolute atomic E-state index is 0.0172. The lowest BCUT2D eigenvalue weighted by Crippen LogP contribution is -2.20. The first-order valence-electron chi connectivity index (χ1n) is 7.09. The number of halogens is 3. The molecule has 0 radical (unpaired) electrons. The number of nitrogens with one attached hydrogen (secondary N) is 1. The van der Waals surface area contributed by atoms with Crippen molar-refractivity contribution >= 4 is 23.2 Å². The van der Waals surface area contributed by atoms with Crippen LogP contribution in [0.25, 0.3) is 0 Å². The average molecular weight is 342 g/mol. The van der Waals surface area contributed by atoms with E-state index in [1.54, 1.807) is 12.1 Å². The summed E-state index contributed by atoms with van der Waals surface area (Å²) in [4.78, 5) is 12.1. The Labute approximate surface area is 135 Å². The highest BCUT2D eigenvalue weighted by molar-refractivity contribution is 6.32. The lowest BCUT2D eigenvalue weighted by atomic mass is 10.2. The minimum Gasteiger partial charge on any atom is -0.508 e. The molecule has 5 nitrogen and oxygen atoms in total. The maximum Gasteiger partial charge on any atom is 0.283 e. The number of rotatable bonds is 5. The zero-order chi connectivity index (χ0) is 16.6. The number of hydrogen-bond donors (Lipinski definition) is 2. The highest BCUT2D eigenvalue weighted by Gasteiger charge is 2.34. The Balaban J connectivity index is 1.79. The first-order chi connectivity index (χ1) is 11.0. The van der Waals surface area contributed by atoms with Crippen molar-refractivity contribution in [1.29, 1.82) is 0 Å². The van der Waals surface area contributed by atoms with Gasteiger partial charge in [0.15, 0.2) is 0 Å². The van der Waals surface area contributed by atoms with Crippen molar-refractivity contribution in [2.24, 2.45) is 0 Å². The van der Waals surface area contributed by atoms with Gasteiger partial charge in [-0.25, -0.2) is 8.78 Å². The lowest BCUT2D eigenvalue weighted by Gasteiger charge is -2.08. The molecule has 122 valence electrons. The van der Waals surface area contributed by atoms with Gasteiger partial charge in [-0.05, 0) is 25.0 Å². The molecular weight excluding hydrogens is 328 g/mol. The third kappa shape index (κ3) is 3.44. The van der Waals surface area contributed by atoms with E-state index in [-0.39, 0.29) is 23.2 Å². The predicted octanol–water partition coefficient (Wildman–Crippen LogP) is 3.70. The van der Waals surface area contributed by atoms with E-state index in [0.717, 1.165) is 12.8 Å². The Hall–Kier alpha value is -2.15. The van der Waals surface area contributed by atoms with E-state index >= 15 is 0 Å². The molecule has 1 aromatic heterocycles. The Bertz CT molecular complexity index is 744. The zero-order valence-corrected chi connectivity index (χ0v) is 12.7. The molecule has 1 heterocycles. The summed E-state index contributed by atoms with van der Waals surface area (Å²) in [6.45, 7) is -0.214. The number of phenols is 1. The molecule has 1 aromatic carbocycles. The van der Waals surface area contributed by atoms with Crippen molar-refractivity contribution in [2.75, 3.05) is 5.32 Å². The molecule has 3 rings (SSSR count). The fourth-order valence-electron chi connectivity index (χ4n) is 2.40. The van der Waals surface area contributed by atoms with Crippen molar-refractivity contribution in [3.8, 4) is 5.75 Å². The molecule has 1 fully saturated rings. The van der Waals surface area contributed by atoms with Crippen LogP contribution in [-0.2, 0) is 11.3 Å². The number of amides is 1. The van der Waals surface area contributed by atoms with Gasteiger partial charge in [0.25, 0.3) is 6.43 Å². The Morgan fingerprint density at radius 1 is 1.48 bits per heavy atom. The quantitative estimate of drug-likeness (QED) is 0.871. The van der Waals surface area contributed by atoms with Crippen molar-refractivity contribution in [2.45, 2.75) is 31.7 Å². The summed E-state index contributed by atoms with van der Waals surface area (Å²) in [5, 5.41) is 15.7. The van der Waals surface area contributed by atoms with Gasteiger partial charge in [0, 0.05) is 17.7 Å². The summed E-state index contributed by atoms with van der Waals surface area (Å²) in [6.07, 6.45) is -1.08. The van der Waals surface area contributed by atoms with Gasteiger partial charge in [0.1, 0.15) is 18.0 Å². The molecule has 0 atom stereocenters. The van der Waals surface area contributed by atoms with E-state index in [0.29, 0.717) is 11.4 Å². The van der Waals surface area contributed by atoms with Crippen LogP contribution in [0.3, 0.4) is 0 Å². The van der Waals surface area contributed by atoms with Crippen molar-refractivity contribution < 1.29 is 18.7 Å². The number of carbonyl (C=O) groups is 1. The summed E-state index contributed by atoms with van der Waals surface area (Å²) in [7, 11) is 0. The van der Waals surface area contributed by atoms with E-state index in [1.165, 1.54) is 16.8 Å². The molecule has 2 N–H and O–H groups in total. The molecule has 1 saturated carbocycles. The summed E-state index contributed by atoms with van der Waals surface area (Å²) in [6, 6.07) is 6.06. The molecule has 0 unspecified atom stereocenters. The number of aromatic hydroxyl groups is 1. The number of nitrogens with zero attached hydrogens (tertiary/aromatic N) is 2. The zero-order valence-electron chi connectivity index (χ0n) is 12.0. The highest BCUT2D eigenvalue weighted by atomic mass is 35.5. The van der Waals surface area contributed by atoms with Gasteiger partial charge in [0.2, 0.25) is 5.91 Å². The Morgan fingerprint density at radius 2 is 2.22 bits per heavy atom. The minimum atomic E-state index is -2.78. The summed E-state index contributed by atoms with van der Waals surface area (Å²) < 4.78 is 27.1. The van der Waals surface area contributed by atoms with Gasteiger partial charge in [-0.15, -0.1) is 0 Å². The van der Waals surface area contributed by atoms with Crippen LogP contribution in [0, 0.1) is 0 Å². The molecule has 2 aromatic rings. The maximum absolute atomic E-state index is 12.9. The number of alkyl halides is 2. The number of aromatic nitrogens is 2. The second kappa shape index (κ2) is 6.16. The Kier molecular flexibility index (Phi) is 4.21. The number of benzene rings is 1. The molecule has 1 aliphatic carbocycles. The molecule has 0 spiro atoms. The van der Waals surface area contributed by atoms with E-state index < -0.39 is 18.0 Å². The standard InChI is InChI=1S/C15H14ClF2N3O2/c16-12-13(15(17)18)20-21(14(12)8-4-5-8)7-11(23)19-9-2-1-3-10(22)6-9/h1-3,6,8,15,22H,4-5,7H2,(H,19,23). The van der Waals surface area contributed by atoms with Gasteiger partial charge in [-0.3, -0.25) is 9.48 Å². The van der Waals surface area contributed by atoms with Gasteiger partial charge >= 0.3 is 0 Å². The van der Waals surface area contributed by atoms with Crippen LogP contribution < -0.4 is 5.32 Å². The fourth-order valence-corrected chi connectivity index (χ4v) is 2.77. The first kappa shape index (κ1) is 15.7. The van der Waals surface area contributed by atoms with Crippen LogP contribution in [0.1, 0.15) is 36.6 Å². The second-order valence-electron chi connectivity index (χ2n) is 5.42. The van der Waals surface area contributed by atoms with Crippen LogP contribution in [0.15, 0.2) is 24.3 Å². The molecule has 1 aliphatic rings. The lowest BCUT2D eigenvalue weighted by molar-refractivity contribution is -0.117. The van der Waals surface area contributed by atoms with Crippen LogP contribution in [0.2, 0.25) is 5.02 Å².